The Labute approximate surface area is 155 Å². The highest BCUT2D eigenvalue weighted by atomic mass is 16.5. The van der Waals surface area contributed by atoms with Crippen LogP contribution in [0.4, 0.5) is 0 Å². The number of aromatic amines is 1. The minimum absolute atomic E-state index is 0.326. The van der Waals surface area contributed by atoms with Crippen LogP contribution < -0.4 is 15.2 Å². The van der Waals surface area contributed by atoms with Gasteiger partial charge in [-0.05, 0) is 34.9 Å². The molecule has 0 bridgehead atoms. The fourth-order valence-electron chi connectivity index (χ4n) is 3.09. The van der Waals surface area contributed by atoms with Gasteiger partial charge in [0.2, 0.25) is 0 Å². The van der Waals surface area contributed by atoms with E-state index in [0.717, 1.165) is 33.8 Å². The lowest BCUT2D eigenvalue weighted by Gasteiger charge is -2.11. The third-order valence-corrected chi connectivity index (χ3v) is 4.44. The Balaban J connectivity index is 1.72. The maximum atomic E-state index is 11.8. The third-order valence-electron chi connectivity index (χ3n) is 4.44. The predicted octanol–water partition coefficient (Wildman–Crippen LogP) is 2.69. The van der Waals surface area contributed by atoms with Crippen molar-refractivity contribution < 1.29 is 9.47 Å². The van der Waals surface area contributed by atoms with Crippen LogP contribution in [0, 0.1) is 0 Å². The van der Waals surface area contributed by atoms with Gasteiger partial charge in [-0.25, -0.2) is 9.78 Å². The first-order valence-electron chi connectivity index (χ1n) is 8.41. The highest BCUT2D eigenvalue weighted by Gasteiger charge is 2.13. The molecule has 0 atom stereocenters. The average molecular weight is 362 g/mol. The van der Waals surface area contributed by atoms with Gasteiger partial charge in [0.1, 0.15) is 11.5 Å². The summed E-state index contributed by atoms with van der Waals surface area (Å²) in [5.74, 6) is 1.59. The van der Waals surface area contributed by atoms with E-state index < -0.39 is 0 Å². The highest BCUT2D eigenvalue weighted by Crippen LogP contribution is 2.30. The van der Waals surface area contributed by atoms with Gasteiger partial charge in [-0.3, -0.25) is 4.98 Å². The van der Waals surface area contributed by atoms with Gasteiger partial charge in [0, 0.05) is 12.0 Å². The molecule has 0 fully saturated rings. The second kappa shape index (κ2) is 6.95. The van der Waals surface area contributed by atoms with Crippen molar-refractivity contribution in [3.8, 4) is 22.6 Å². The molecule has 136 valence electrons. The molecule has 27 heavy (non-hydrogen) atoms. The van der Waals surface area contributed by atoms with Crippen LogP contribution in [0.2, 0.25) is 0 Å². The zero-order valence-corrected chi connectivity index (χ0v) is 15.0. The molecule has 0 aliphatic carbocycles. The normalized spacial score (nSPS) is 10.9. The van der Waals surface area contributed by atoms with Crippen molar-refractivity contribution in [1.82, 2.24) is 19.6 Å². The summed E-state index contributed by atoms with van der Waals surface area (Å²) in [6.07, 6.45) is 3.72. The Morgan fingerprint density at radius 2 is 2.00 bits per heavy atom. The summed E-state index contributed by atoms with van der Waals surface area (Å²) >= 11 is 0. The first-order valence-corrected chi connectivity index (χ1v) is 8.41. The van der Waals surface area contributed by atoms with Gasteiger partial charge in [0.15, 0.2) is 5.65 Å². The van der Waals surface area contributed by atoms with Crippen molar-refractivity contribution in [1.29, 1.82) is 0 Å². The van der Waals surface area contributed by atoms with Crippen LogP contribution in [0.1, 0.15) is 11.1 Å². The zero-order valence-electron chi connectivity index (χ0n) is 15.0. The Kier molecular flexibility index (Phi) is 4.33. The molecule has 0 unspecified atom stereocenters. The Bertz CT molecular complexity index is 1160. The molecule has 0 spiro atoms. The van der Waals surface area contributed by atoms with E-state index in [4.69, 9.17) is 9.47 Å². The van der Waals surface area contributed by atoms with Crippen molar-refractivity contribution in [2.45, 2.75) is 6.42 Å². The zero-order chi connectivity index (χ0) is 18.8. The molecule has 2 aromatic carbocycles. The molecule has 0 saturated carbocycles. The number of fused-ring (bicyclic) bond motifs is 1. The number of nitrogens with zero attached hydrogens (tertiary/aromatic N) is 3. The molecule has 0 aliphatic rings. The molecule has 0 amide bonds. The number of benzene rings is 2. The fourth-order valence-corrected chi connectivity index (χ4v) is 3.09. The van der Waals surface area contributed by atoms with Gasteiger partial charge >= 0.3 is 5.69 Å². The SMILES string of the molecule is COc1cccc(Cc2ccc(-c3cnn4c(=O)[nH]cnc34)cc2OC)c1. The smallest absolute Gasteiger partial charge is 0.349 e. The van der Waals surface area contributed by atoms with Crippen molar-refractivity contribution in [3.63, 3.8) is 0 Å². The number of methoxy groups -OCH3 is 2. The maximum absolute atomic E-state index is 11.8. The van der Waals surface area contributed by atoms with Gasteiger partial charge in [-0.2, -0.15) is 9.61 Å². The van der Waals surface area contributed by atoms with E-state index in [1.54, 1.807) is 20.4 Å². The molecule has 0 aliphatic heterocycles. The first-order chi connectivity index (χ1) is 13.2. The second-order valence-electron chi connectivity index (χ2n) is 6.06. The van der Waals surface area contributed by atoms with Crippen LogP contribution in [0.3, 0.4) is 0 Å². The van der Waals surface area contributed by atoms with Gasteiger partial charge in [-0.15, -0.1) is 0 Å². The molecular weight excluding hydrogens is 344 g/mol. The lowest BCUT2D eigenvalue weighted by atomic mass is 10.00. The third kappa shape index (κ3) is 3.15. The predicted molar refractivity (Wildman–Crippen MR) is 101 cm³/mol. The minimum Gasteiger partial charge on any atom is -0.497 e. The summed E-state index contributed by atoms with van der Waals surface area (Å²) in [6.45, 7) is 0. The van der Waals surface area contributed by atoms with Crippen molar-refractivity contribution in [2.24, 2.45) is 0 Å². The van der Waals surface area contributed by atoms with Gasteiger partial charge < -0.3 is 9.47 Å². The molecule has 4 aromatic rings. The summed E-state index contributed by atoms with van der Waals surface area (Å²) in [5, 5.41) is 4.12. The minimum atomic E-state index is -0.326. The van der Waals surface area contributed by atoms with Crippen LogP contribution >= 0.6 is 0 Å². The monoisotopic (exact) mass is 362 g/mol. The van der Waals surface area contributed by atoms with Gasteiger partial charge in [-0.1, -0.05) is 24.3 Å². The number of rotatable bonds is 5. The van der Waals surface area contributed by atoms with E-state index in [1.165, 1.54) is 10.8 Å². The largest absolute Gasteiger partial charge is 0.497 e. The Hall–Kier alpha value is -3.61. The number of nitrogens with one attached hydrogen (secondary N) is 1. The standard InChI is InChI=1S/C20H18N4O3/c1-26-16-5-3-4-13(9-16)8-15-7-6-14(10-18(15)27-2)17-11-23-24-19(17)21-12-22-20(24)25/h3-7,9-12H,8H2,1-2H3,(H,21,22,25). The van der Waals surface area contributed by atoms with E-state index in [0.29, 0.717) is 12.1 Å². The molecule has 7 heteroatoms. The quantitative estimate of drug-likeness (QED) is 0.590. The van der Waals surface area contributed by atoms with Crippen molar-refractivity contribution in [3.05, 3.63) is 76.6 Å². The molecular formula is C20H18N4O3. The van der Waals surface area contributed by atoms with Crippen LogP contribution in [0.25, 0.3) is 16.8 Å². The van der Waals surface area contributed by atoms with Crippen LogP contribution in [-0.4, -0.2) is 33.8 Å². The molecule has 0 radical (unpaired) electrons. The molecule has 7 nitrogen and oxygen atoms in total. The number of hydrogen-bond acceptors (Lipinski definition) is 5. The number of aromatic nitrogens is 4. The highest BCUT2D eigenvalue weighted by molar-refractivity contribution is 5.77. The lowest BCUT2D eigenvalue weighted by Crippen LogP contribution is -2.17. The van der Waals surface area contributed by atoms with Gasteiger partial charge in [0.05, 0.1) is 26.7 Å². The van der Waals surface area contributed by atoms with E-state index in [1.807, 2.05) is 36.4 Å². The lowest BCUT2D eigenvalue weighted by molar-refractivity contribution is 0.410. The second-order valence-corrected chi connectivity index (χ2v) is 6.06. The maximum Gasteiger partial charge on any atom is 0.349 e. The molecule has 1 N–H and O–H groups in total. The van der Waals surface area contributed by atoms with Crippen molar-refractivity contribution in [2.75, 3.05) is 14.2 Å². The van der Waals surface area contributed by atoms with Crippen LogP contribution in [-0.2, 0) is 6.42 Å². The van der Waals surface area contributed by atoms with E-state index in [2.05, 4.69) is 21.1 Å². The molecule has 0 saturated heterocycles. The van der Waals surface area contributed by atoms with E-state index >= 15 is 0 Å². The van der Waals surface area contributed by atoms with Gasteiger partial charge in [0.25, 0.3) is 0 Å². The molecule has 2 aromatic heterocycles. The molecule has 2 heterocycles. The Morgan fingerprint density at radius 3 is 2.81 bits per heavy atom. The Morgan fingerprint density at radius 1 is 1.11 bits per heavy atom. The number of ether oxygens (including phenoxy) is 2. The number of hydrogen-bond donors (Lipinski definition) is 1. The van der Waals surface area contributed by atoms with Crippen LogP contribution in [0.15, 0.2) is 59.8 Å². The summed E-state index contributed by atoms with van der Waals surface area (Å²) in [4.78, 5) is 18.6. The fraction of sp³-hybridized carbons (Fsp3) is 0.150. The average Bonchev–Trinajstić information content (AvgIpc) is 3.14. The summed E-state index contributed by atoms with van der Waals surface area (Å²) in [6, 6.07) is 13.9. The topological polar surface area (TPSA) is 81.5 Å². The number of H-pyrrole nitrogens is 1. The van der Waals surface area contributed by atoms with Crippen LogP contribution in [0.5, 0.6) is 11.5 Å². The molecule has 4 rings (SSSR count). The van der Waals surface area contributed by atoms with E-state index in [9.17, 15) is 4.79 Å². The first kappa shape index (κ1) is 16.8. The van der Waals surface area contributed by atoms with E-state index in [-0.39, 0.29) is 5.69 Å². The summed E-state index contributed by atoms with van der Waals surface area (Å²) in [7, 11) is 3.30. The summed E-state index contributed by atoms with van der Waals surface area (Å²) < 4.78 is 12.1. The van der Waals surface area contributed by atoms with Crippen molar-refractivity contribution >= 4 is 5.65 Å². The summed E-state index contributed by atoms with van der Waals surface area (Å²) in [5.41, 5.74) is 4.01.